The first-order chi connectivity index (χ1) is 20.8. The molecule has 10 aliphatic heterocycles. The number of nitrogens with zero attached hydrogens (tertiary/aromatic N) is 2. The molecule has 0 radical (unpaired) electrons. The van der Waals surface area contributed by atoms with E-state index < -0.39 is 18.1 Å². The van der Waals surface area contributed by atoms with Crippen molar-refractivity contribution in [2.24, 2.45) is 0 Å². The monoisotopic (exact) mass is 659 g/mol. The number of aromatic nitrogens is 1. The van der Waals surface area contributed by atoms with Crippen LogP contribution in [0.15, 0.2) is 53.9 Å². The summed E-state index contributed by atoms with van der Waals surface area (Å²) in [6.07, 6.45) is 5.68. The van der Waals surface area contributed by atoms with E-state index in [1.807, 2.05) is 62.1 Å². The molecule has 2 amide bonds. The molecule has 1 spiro atoms. The summed E-state index contributed by atoms with van der Waals surface area (Å²) in [5.74, 6) is 2.42. The maximum absolute atomic E-state index is 14.9. The van der Waals surface area contributed by atoms with Crippen LogP contribution in [-0.2, 0) is 11.3 Å². The predicted octanol–water partition coefficient (Wildman–Crippen LogP) is 7.89. The number of amides is 2. The first kappa shape index (κ1) is 23.5. The second kappa shape index (κ2) is 3.81. The molecular weight excluding hydrogens is 626 g/mol. The van der Waals surface area contributed by atoms with Crippen LogP contribution in [0.1, 0.15) is 53.0 Å². The number of anilines is 1. The van der Waals surface area contributed by atoms with Crippen molar-refractivity contribution in [3.63, 3.8) is 0 Å². The summed E-state index contributed by atoms with van der Waals surface area (Å²) in [6, 6.07) is 15.7. The maximum atomic E-state index is 14.9. The van der Waals surface area contributed by atoms with Gasteiger partial charge in [-0.2, -0.15) is 0 Å². The van der Waals surface area contributed by atoms with E-state index in [-0.39, 0.29) is 16.1 Å². The van der Waals surface area contributed by atoms with Crippen LogP contribution < -0.4 is 10.2 Å². The fourth-order valence-electron chi connectivity index (χ4n) is 20.8. The normalized spacial score (nSPS) is 53.8. The van der Waals surface area contributed by atoms with Crippen LogP contribution >= 0.6 is 23.6 Å². The van der Waals surface area contributed by atoms with Crippen molar-refractivity contribution in [1.29, 1.82) is 0 Å². The first-order valence-electron chi connectivity index (χ1n) is 15.8. The first-order valence-corrected chi connectivity index (χ1v) is 23.3. The molecule has 11 heterocycles. The van der Waals surface area contributed by atoms with E-state index in [1.54, 1.807) is 5.38 Å². The third kappa shape index (κ3) is 0.722. The standard InChI is InChI=1S/C31H28N3O2S2.C5H5.Fe/c1-6-26-32-25(19-38-26)30(36)34(27(21-12-8-9-13-21)29(35)33-31(3,4)5)23-17-15-22(16-18-23)28(37)24-14-10-7-11-20(24)2;1-2-4-5-3-1;/h1,7-19,27H,2-5H3,(H,33,35);1-5H;. The van der Waals surface area contributed by atoms with Gasteiger partial charge in [-0.1, -0.05) is 0 Å². The van der Waals surface area contributed by atoms with Crippen molar-refractivity contribution in [2.45, 2.75) is 86.9 Å². The van der Waals surface area contributed by atoms with Crippen LogP contribution in [0.3, 0.4) is 0 Å². The van der Waals surface area contributed by atoms with Crippen molar-refractivity contribution in [1.82, 2.24) is 10.3 Å². The van der Waals surface area contributed by atoms with Gasteiger partial charge < -0.3 is 0 Å². The summed E-state index contributed by atoms with van der Waals surface area (Å²) in [4.78, 5) is 45.7. The minimum atomic E-state index is -3.91. The summed E-state index contributed by atoms with van der Waals surface area (Å²) in [7, 11) is 0. The molecule has 1 aromatic heterocycles. The van der Waals surface area contributed by atoms with E-state index in [9.17, 15) is 9.59 Å². The number of carbonyl (C=O) groups is 2. The van der Waals surface area contributed by atoms with Gasteiger partial charge in [-0.3, -0.25) is 0 Å². The molecule has 5 atom stereocenters. The van der Waals surface area contributed by atoms with E-state index in [1.165, 1.54) is 11.3 Å². The van der Waals surface area contributed by atoms with E-state index in [4.69, 9.17) is 18.6 Å². The fourth-order valence-corrected chi connectivity index (χ4v) is 96.5. The molecule has 10 fully saturated rings. The van der Waals surface area contributed by atoms with Gasteiger partial charge in [0.15, 0.2) is 0 Å². The molecule has 10 aliphatic rings. The number of rotatable bonds is 7. The Morgan fingerprint density at radius 3 is 2.11 bits per heavy atom. The molecule has 5 nitrogen and oxygen atoms in total. The third-order valence-electron chi connectivity index (χ3n) is 20.1. The van der Waals surface area contributed by atoms with Crippen LogP contribution in [0.5, 0.6) is 0 Å². The molecule has 3 aromatic rings. The molecule has 1 N–H and O–H groups in total. The number of thiocarbonyl (C=S) groups is 1. The SMILES string of the molecule is C#Cc1nc(C(=O)N(c2ccc(C(=S)c3ccccc3C)cc2)C(C(=O)NC(C)(C)C)[C]23[CH]4[CH]5[CH]6[CH]2[Fe]56432789[CH]3[CH]2[CH]7[CH]8[CH]39)cs1. The van der Waals surface area contributed by atoms with Gasteiger partial charge in [0.2, 0.25) is 0 Å². The molecule has 44 heavy (non-hydrogen) atoms. The molecule has 10 saturated heterocycles. The van der Waals surface area contributed by atoms with Gasteiger partial charge >= 0.3 is 258 Å². The number of nitrogens with one attached hydrogen (secondary N) is 1. The Labute approximate surface area is 256 Å². The van der Waals surface area contributed by atoms with E-state index in [2.05, 4.69) is 35.3 Å². The summed E-state index contributed by atoms with van der Waals surface area (Å²) >= 11 is 7.24. The van der Waals surface area contributed by atoms with Crippen LogP contribution in [-0.4, -0.2) is 33.2 Å². The average molecular weight is 660 g/mol. The molecule has 0 saturated carbocycles. The summed E-state index contributed by atoms with van der Waals surface area (Å²) in [6.45, 7) is 4.31. The topological polar surface area (TPSA) is 62.3 Å². The number of fused-ring (bicyclic) bond motifs is 10. The van der Waals surface area contributed by atoms with Crippen molar-refractivity contribution in [3.05, 3.63) is 81.3 Å². The van der Waals surface area contributed by atoms with E-state index in [0.29, 0.717) is 10.7 Å². The Kier molecular flexibility index (Phi) is 2.04. The Morgan fingerprint density at radius 2 is 1.64 bits per heavy atom. The number of thiazole rings is 1. The number of hydrogen-bond donors (Lipinski definition) is 1. The number of aryl methyl sites for hydroxylation is 1. The summed E-state index contributed by atoms with van der Waals surface area (Å²) in [5.41, 5.74) is 3.79. The average Bonchev–Trinajstić information content (AvgIpc) is 3.87. The van der Waals surface area contributed by atoms with Crippen LogP contribution in [0.25, 0.3) is 0 Å². The van der Waals surface area contributed by atoms with Crippen LogP contribution in [0, 0.1) is 19.3 Å². The van der Waals surface area contributed by atoms with Crippen molar-refractivity contribution in [2.75, 3.05) is 4.90 Å². The van der Waals surface area contributed by atoms with Crippen molar-refractivity contribution < 1.29 is 16.1 Å². The van der Waals surface area contributed by atoms with E-state index in [0.717, 1.165) is 70.6 Å². The second-order valence-corrected chi connectivity index (χ2v) is 43.3. The Balaban J connectivity index is 0.993. The van der Waals surface area contributed by atoms with Crippen molar-refractivity contribution in [3.8, 4) is 12.3 Å². The minimum absolute atomic E-state index is 0.0332. The molecule has 224 valence electrons. The van der Waals surface area contributed by atoms with Crippen LogP contribution in [0.4, 0.5) is 5.69 Å². The van der Waals surface area contributed by atoms with Crippen LogP contribution in [0.2, 0.25) is 47.7 Å². The van der Waals surface area contributed by atoms with Gasteiger partial charge in [-0.15, -0.1) is 0 Å². The van der Waals surface area contributed by atoms with Crippen molar-refractivity contribution >= 4 is 45.9 Å². The molecular formula is C36H33FeN3O2S2. The van der Waals surface area contributed by atoms with Gasteiger partial charge in [0.25, 0.3) is 0 Å². The third-order valence-corrected chi connectivity index (χ3v) is 63.9. The second-order valence-electron chi connectivity index (χ2n) is 18.4. The molecule has 13 rings (SSSR count). The summed E-state index contributed by atoms with van der Waals surface area (Å²) < 4.78 is 0.101. The molecule has 8 heteroatoms. The number of terminal acetylenes is 1. The predicted molar refractivity (Wildman–Crippen MR) is 173 cm³/mol. The van der Waals surface area contributed by atoms with E-state index >= 15 is 0 Å². The molecule has 5 unspecified atom stereocenters. The van der Waals surface area contributed by atoms with Gasteiger partial charge in [-0.05, 0) is 0 Å². The number of hydrogen-bond acceptors (Lipinski definition) is 5. The van der Waals surface area contributed by atoms with Gasteiger partial charge in [0, 0.05) is 0 Å². The number of benzene rings is 2. The fraction of sp³-hybridized carbons (Fsp3) is 0.444. The zero-order valence-electron chi connectivity index (χ0n) is 24.9. The van der Waals surface area contributed by atoms with Gasteiger partial charge in [0.1, 0.15) is 0 Å². The zero-order chi connectivity index (χ0) is 30.1. The molecule has 2 aromatic carbocycles. The summed E-state index contributed by atoms with van der Waals surface area (Å²) in [5, 5.41) is 5.65. The quantitative estimate of drug-likeness (QED) is 0.121. The van der Waals surface area contributed by atoms with Gasteiger partial charge in [0.05, 0.1) is 0 Å². The van der Waals surface area contributed by atoms with Gasteiger partial charge in [-0.25, -0.2) is 0 Å². The Bertz CT molecular complexity index is 2370. The Morgan fingerprint density at radius 1 is 1.02 bits per heavy atom. The number of carbonyl (C=O) groups excluding carboxylic acids is 2. The molecule has 0 aliphatic carbocycles. The Hall–Kier alpha value is -2.82. The molecule has 0 bridgehead atoms. The zero-order valence-corrected chi connectivity index (χ0v) is 27.7.